The number of amides is 1. The number of para-hydroxylation sites is 1. The number of benzene rings is 2. The minimum Gasteiger partial charge on any atom is -0.481 e. The van der Waals surface area contributed by atoms with Gasteiger partial charge in [0.15, 0.2) is 0 Å². The fourth-order valence-corrected chi connectivity index (χ4v) is 5.46. The smallest absolute Gasteiger partial charge is 0.304 e. The van der Waals surface area contributed by atoms with Crippen molar-refractivity contribution in [3.8, 4) is 0 Å². The van der Waals surface area contributed by atoms with Gasteiger partial charge >= 0.3 is 5.97 Å². The van der Waals surface area contributed by atoms with Crippen molar-refractivity contribution in [2.24, 2.45) is 5.41 Å². The number of nitrogens with one attached hydrogen (secondary N) is 1. The number of nitrogens with zero attached hydrogens (tertiary/aromatic N) is 1. The minimum atomic E-state index is -0.951. The number of thiazole rings is 1. The first-order valence-electron chi connectivity index (χ1n) is 9.00. The highest BCUT2D eigenvalue weighted by molar-refractivity contribution is 7.98. The molecule has 0 saturated heterocycles. The van der Waals surface area contributed by atoms with Crippen LogP contribution in [0.2, 0.25) is 0 Å². The highest BCUT2D eigenvalue weighted by Crippen LogP contribution is 2.40. The van der Waals surface area contributed by atoms with Crippen molar-refractivity contribution >= 4 is 45.2 Å². The zero-order valence-corrected chi connectivity index (χ0v) is 17.0. The zero-order chi connectivity index (χ0) is 19.7. The molecule has 2 N–H and O–H groups in total. The van der Waals surface area contributed by atoms with Crippen molar-refractivity contribution in [2.75, 3.05) is 6.26 Å². The van der Waals surface area contributed by atoms with Gasteiger partial charge in [-0.15, -0.1) is 23.1 Å². The van der Waals surface area contributed by atoms with Crippen molar-refractivity contribution < 1.29 is 14.7 Å². The molecule has 4 rings (SSSR count). The molecule has 0 fully saturated rings. The number of carbonyl (C=O) groups excluding carboxylic acids is 1. The van der Waals surface area contributed by atoms with E-state index in [4.69, 9.17) is 0 Å². The quantitative estimate of drug-likeness (QED) is 0.601. The van der Waals surface area contributed by atoms with Crippen LogP contribution in [0.25, 0.3) is 10.2 Å². The zero-order valence-electron chi connectivity index (χ0n) is 15.4. The van der Waals surface area contributed by atoms with Gasteiger partial charge in [-0.3, -0.25) is 9.59 Å². The average Bonchev–Trinajstić information content (AvgIpc) is 3.26. The Morgan fingerprint density at radius 2 is 1.89 bits per heavy atom. The monoisotopic (exact) mass is 412 g/mol. The summed E-state index contributed by atoms with van der Waals surface area (Å²) in [6.45, 7) is 0.309. The normalized spacial score (nSPS) is 14.8. The predicted molar refractivity (Wildman–Crippen MR) is 112 cm³/mol. The Hall–Kier alpha value is -2.38. The molecule has 0 unspecified atom stereocenters. The van der Waals surface area contributed by atoms with Crippen LogP contribution >= 0.6 is 23.1 Å². The number of carboxylic acid groups (broad SMARTS) is 1. The van der Waals surface area contributed by atoms with Crippen LogP contribution in [0.5, 0.6) is 0 Å². The third-order valence-corrected chi connectivity index (χ3v) is 6.98. The van der Waals surface area contributed by atoms with Crippen molar-refractivity contribution in [3.63, 3.8) is 0 Å². The summed E-state index contributed by atoms with van der Waals surface area (Å²) in [5.41, 5.74) is 2.14. The number of aromatic nitrogens is 1. The van der Waals surface area contributed by atoms with Crippen molar-refractivity contribution in [1.29, 1.82) is 0 Å². The van der Waals surface area contributed by atoms with E-state index >= 15 is 0 Å². The molecule has 5 nitrogen and oxygen atoms in total. The highest BCUT2D eigenvalue weighted by Gasteiger charge is 2.45. The van der Waals surface area contributed by atoms with E-state index in [1.165, 1.54) is 0 Å². The van der Waals surface area contributed by atoms with E-state index in [9.17, 15) is 14.7 Å². The molecular weight excluding hydrogens is 392 g/mol. The fraction of sp³-hybridized carbons (Fsp3) is 0.286. The lowest BCUT2D eigenvalue weighted by Crippen LogP contribution is -2.43. The molecule has 144 valence electrons. The highest BCUT2D eigenvalue weighted by atomic mass is 32.2. The maximum Gasteiger partial charge on any atom is 0.304 e. The van der Waals surface area contributed by atoms with E-state index in [1.54, 1.807) is 23.1 Å². The van der Waals surface area contributed by atoms with Crippen LogP contribution in [-0.4, -0.2) is 28.2 Å². The molecule has 0 spiro atoms. The first kappa shape index (κ1) is 19.0. The lowest BCUT2D eigenvalue weighted by Gasteiger charge is -2.25. The third-order valence-electron chi connectivity index (χ3n) is 5.19. The molecule has 1 amide bonds. The van der Waals surface area contributed by atoms with Gasteiger partial charge in [0.2, 0.25) is 5.91 Å². The minimum absolute atomic E-state index is 0.177. The summed E-state index contributed by atoms with van der Waals surface area (Å²) in [6.07, 6.45) is 2.75. The second-order valence-corrected chi connectivity index (χ2v) is 9.03. The van der Waals surface area contributed by atoms with Gasteiger partial charge in [0, 0.05) is 4.90 Å². The van der Waals surface area contributed by atoms with Gasteiger partial charge in [-0.1, -0.05) is 30.3 Å². The van der Waals surface area contributed by atoms with E-state index in [2.05, 4.69) is 10.3 Å². The number of fused-ring (bicyclic) bond motifs is 2. The van der Waals surface area contributed by atoms with Gasteiger partial charge in [-0.05, 0) is 42.4 Å². The van der Waals surface area contributed by atoms with Crippen LogP contribution in [0, 0.1) is 5.41 Å². The molecular formula is C21H20N2O3S2. The predicted octanol–water partition coefficient (Wildman–Crippen LogP) is 3.89. The molecule has 0 aliphatic heterocycles. The molecule has 0 saturated carbocycles. The van der Waals surface area contributed by atoms with Gasteiger partial charge in [-0.2, -0.15) is 0 Å². The Morgan fingerprint density at radius 1 is 1.18 bits per heavy atom. The standard InChI is InChI=1S/C21H20N2O3S2/c1-27-15-7-4-8-16-19(15)23-17(28-16)12-22-20(26)21(11-18(24)25)9-13-5-2-3-6-14(13)10-21/h2-8H,9-12H2,1H3,(H,22,26)(H,24,25). The van der Waals surface area contributed by atoms with Crippen molar-refractivity contribution in [2.45, 2.75) is 30.7 Å². The third kappa shape index (κ3) is 3.52. The Kier molecular flexibility index (Phi) is 5.12. The molecule has 0 atom stereocenters. The summed E-state index contributed by atoms with van der Waals surface area (Å²) in [5, 5.41) is 13.2. The maximum atomic E-state index is 13.1. The number of carbonyl (C=O) groups is 2. The number of hydrogen-bond acceptors (Lipinski definition) is 5. The van der Waals surface area contributed by atoms with Crippen LogP contribution in [0.4, 0.5) is 0 Å². The summed E-state index contributed by atoms with van der Waals surface area (Å²) in [6, 6.07) is 13.9. The number of thioether (sulfide) groups is 1. The molecule has 1 heterocycles. The van der Waals surface area contributed by atoms with E-state index in [0.717, 1.165) is 31.2 Å². The van der Waals surface area contributed by atoms with Gasteiger partial charge in [-0.25, -0.2) is 4.98 Å². The van der Waals surface area contributed by atoms with Crippen LogP contribution in [0.15, 0.2) is 47.4 Å². The Balaban J connectivity index is 1.54. The van der Waals surface area contributed by atoms with E-state index in [-0.39, 0.29) is 12.3 Å². The molecule has 1 aliphatic rings. The largest absolute Gasteiger partial charge is 0.481 e. The maximum absolute atomic E-state index is 13.1. The van der Waals surface area contributed by atoms with Crippen LogP contribution in [0.3, 0.4) is 0 Å². The summed E-state index contributed by atoms with van der Waals surface area (Å²) in [4.78, 5) is 30.3. The summed E-state index contributed by atoms with van der Waals surface area (Å²) in [5.74, 6) is -1.16. The second kappa shape index (κ2) is 7.56. The van der Waals surface area contributed by atoms with Gasteiger partial charge < -0.3 is 10.4 Å². The Bertz CT molecular complexity index is 1040. The number of aliphatic carboxylic acids is 1. The van der Waals surface area contributed by atoms with E-state index in [1.807, 2.05) is 48.7 Å². The van der Waals surface area contributed by atoms with Crippen molar-refractivity contribution in [3.05, 3.63) is 58.6 Å². The van der Waals surface area contributed by atoms with Crippen LogP contribution in [0.1, 0.15) is 22.6 Å². The molecule has 0 bridgehead atoms. The van der Waals surface area contributed by atoms with Gasteiger partial charge in [0.05, 0.1) is 28.6 Å². The van der Waals surface area contributed by atoms with E-state index in [0.29, 0.717) is 19.4 Å². The van der Waals surface area contributed by atoms with Crippen LogP contribution in [-0.2, 0) is 29.0 Å². The number of carboxylic acids is 1. The summed E-state index contributed by atoms with van der Waals surface area (Å²) < 4.78 is 1.09. The van der Waals surface area contributed by atoms with Gasteiger partial charge in [0.1, 0.15) is 5.01 Å². The second-order valence-electron chi connectivity index (χ2n) is 7.07. The molecule has 2 aromatic carbocycles. The van der Waals surface area contributed by atoms with Crippen LogP contribution < -0.4 is 5.32 Å². The fourth-order valence-electron chi connectivity index (χ4n) is 3.90. The molecule has 1 aliphatic carbocycles. The lowest BCUT2D eigenvalue weighted by molar-refractivity contribution is -0.145. The molecule has 0 radical (unpaired) electrons. The molecule has 1 aromatic heterocycles. The number of hydrogen-bond donors (Lipinski definition) is 2. The van der Waals surface area contributed by atoms with Crippen molar-refractivity contribution in [1.82, 2.24) is 10.3 Å². The molecule has 7 heteroatoms. The molecule has 3 aromatic rings. The van der Waals surface area contributed by atoms with E-state index < -0.39 is 11.4 Å². The number of rotatable bonds is 6. The molecule has 28 heavy (non-hydrogen) atoms. The first-order valence-corrected chi connectivity index (χ1v) is 11.0. The average molecular weight is 413 g/mol. The lowest BCUT2D eigenvalue weighted by atomic mass is 9.80. The summed E-state index contributed by atoms with van der Waals surface area (Å²) in [7, 11) is 0. The first-order chi connectivity index (χ1) is 13.5. The van der Waals surface area contributed by atoms with Gasteiger partial charge in [0.25, 0.3) is 0 Å². The topological polar surface area (TPSA) is 79.3 Å². The Morgan fingerprint density at radius 3 is 2.54 bits per heavy atom. The SMILES string of the molecule is CSc1cccc2sc(CNC(=O)C3(CC(=O)O)Cc4ccccc4C3)nc12. The summed E-state index contributed by atoms with van der Waals surface area (Å²) >= 11 is 3.20. The Labute approximate surface area is 171 Å².